The Labute approximate surface area is 148 Å². The van der Waals surface area contributed by atoms with Crippen molar-refractivity contribution in [3.05, 3.63) is 35.6 Å². The third-order valence-electron chi connectivity index (χ3n) is 5.17. The molecule has 1 aromatic rings. The monoisotopic (exact) mass is 350 g/mol. The van der Waals surface area contributed by atoms with Crippen LogP contribution in [0.3, 0.4) is 0 Å². The zero-order valence-corrected chi connectivity index (χ0v) is 14.8. The summed E-state index contributed by atoms with van der Waals surface area (Å²) in [5.41, 5.74) is 0.754. The van der Waals surface area contributed by atoms with Crippen LogP contribution in [0, 0.1) is 5.82 Å². The third kappa shape index (κ3) is 4.70. The Morgan fingerprint density at radius 2 is 2.08 bits per heavy atom. The van der Waals surface area contributed by atoms with Crippen LogP contribution >= 0.6 is 0 Å². The van der Waals surface area contributed by atoms with Crippen LogP contribution in [0.1, 0.15) is 38.2 Å². The summed E-state index contributed by atoms with van der Waals surface area (Å²) < 4.78 is 24.8. The summed E-state index contributed by atoms with van der Waals surface area (Å²) in [5, 5.41) is 2.91. The first-order valence-electron chi connectivity index (χ1n) is 9.13. The van der Waals surface area contributed by atoms with Gasteiger partial charge in [0, 0.05) is 39.3 Å². The van der Waals surface area contributed by atoms with Gasteiger partial charge in [-0.1, -0.05) is 12.1 Å². The van der Waals surface area contributed by atoms with E-state index >= 15 is 0 Å². The quantitative estimate of drug-likeness (QED) is 0.908. The smallest absolute Gasteiger partial charge is 0.317 e. The van der Waals surface area contributed by atoms with Crippen LogP contribution in [0.25, 0.3) is 0 Å². The molecule has 0 aromatic heterocycles. The highest BCUT2D eigenvalue weighted by molar-refractivity contribution is 5.74. The Balaban J connectivity index is 1.46. The number of likely N-dealkylation sites (tertiary alicyclic amines) is 1. The molecule has 2 amide bonds. The molecule has 2 aliphatic rings. The van der Waals surface area contributed by atoms with Crippen LogP contribution in [0.15, 0.2) is 24.3 Å². The second-order valence-electron chi connectivity index (χ2n) is 6.87. The number of amides is 2. The first-order chi connectivity index (χ1) is 12.1. The van der Waals surface area contributed by atoms with E-state index in [-0.39, 0.29) is 23.6 Å². The van der Waals surface area contributed by atoms with Crippen LogP contribution in [-0.2, 0) is 16.0 Å². The van der Waals surface area contributed by atoms with Crippen molar-refractivity contribution < 1.29 is 18.7 Å². The number of piperidine rings is 1. The summed E-state index contributed by atoms with van der Waals surface area (Å²) in [7, 11) is 0. The van der Waals surface area contributed by atoms with E-state index in [0.29, 0.717) is 19.6 Å². The topological polar surface area (TPSA) is 50.8 Å². The molecule has 0 aliphatic carbocycles. The molecule has 1 unspecified atom stereocenters. The highest BCUT2D eigenvalue weighted by atomic mass is 19.1. The van der Waals surface area contributed by atoms with Crippen molar-refractivity contribution in [2.45, 2.75) is 50.9 Å². The third-order valence-corrected chi connectivity index (χ3v) is 5.17. The van der Waals surface area contributed by atoms with Crippen molar-refractivity contribution in [3.8, 4) is 0 Å². The van der Waals surface area contributed by atoms with Gasteiger partial charge in [-0.25, -0.2) is 9.18 Å². The Morgan fingerprint density at radius 3 is 2.76 bits per heavy atom. The van der Waals surface area contributed by atoms with E-state index in [4.69, 9.17) is 9.47 Å². The van der Waals surface area contributed by atoms with Gasteiger partial charge in [0.2, 0.25) is 0 Å². The lowest BCUT2D eigenvalue weighted by atomic mass is 9.83. The first kappa shape index (κ1) is 18.1. The van der Waals surface area contributed by atoms with E-state index in [9.17, 15) is 9.18 Å². The molecule has 2 heterocycles. The number of rotatable bonds is 4. The Morgan fingerprint density at radius 1 is 1.36 bits per heavy atom. The number of benzene rings is 1. The van der Waals surface area contributed by atoms with Crippen molar-refractivity contribution in [1.29, 1.82) is 0 Å². The summed E-state index contributed by atoms with van der Waals surface area (Å²) in [5.74, 6) is -0.269. The second-order valence-corrected chi connectivity index (χ2v) is 6.87. The van der Waals surface area contributed by atoms with E-state index in [2.05, 4.69) is 5.32 Å². The number of carbonyl (C=O) groups is 1. The molecule has 2 fully saturated rings. The van der Waals surface area contributed by atoms with Crippen LogP contribution in [0.4, 0.5) is 9.18 Å². The van der Waals surface area contributed by atoms with Gasteiger partial charge in [0.05, 0.1) is 11.7 Å². The molecule has 2 saturated heterocycles. The average Bonchev–Trinajstić information content (AvgIpc) is 2.62. The zero-order valence-electron chi connectivity index (χ0n) is 14.8. The first-order valence-corrected chi connectivity index (χ1v) is 9.13. The largest absolute Gasteiger partial charge is 0.378 e. The summed E-state index contributed by atoms with van der Waals surface area (Å²) >= 11 is 0. The SMILES string of the molecule is CCOC1CCOC2(CCN(C(=O)NCc3ccc(F)cc3)CC2)C1. The lowest BCUT2D eigenvalue weighted by Gasteiger charge is -2.45. The van der Waals surface area contributed by atoms with Gasteiger partial charge in [-0.3, -0.25) is 0 Å². The molecular weight excluding hydrogens is 323 g/mol. The normalized spacial score (nSPS) is 22.8. The fourth-order valence-corrected chi connectivity index (χ4v) is 3.72. The fourth-order valence-electron chi connectivity index (χ4n) is 3.72. The zero-order chi connectivity index (χ0) is 17.7. The number of halogens is 1. The molecule has 1 N–H and O–H groups in total. The molecule has 1 spiro atoms. The maximum absolute atomic E-state index is 12.9. The van der Waals surface area contributed by atoms with E-state index in [1.165, 1.54) is 12.1 Å². The molecule has 5 nitrogen and oxygen atoms in total. The van der Waals surface area contributed by atoms with Gasteiger partial charge in [0.15, 0.2) is 0 Å². The van der Waals surface area contributed by atoms with Gasteiger partial charge < -0.3 is 19.7 Å². The molecule has 0 bridgehead atoms. The van der Waals surface area contributed by atoms with Gasteiger partial charge in [-0.15, -0.1) is 0 Å². The van der Waals surface area contributed by atoms with Crippen molar-refractivity contribution in [3.63, 3.8) is 0 Å². The second kappa shape index (κ2) is 8.15. The molecule has 3 rings (SSSR count). The molecular formula is C19H27FN2O3. The Bertz CT molecular complexity index is 569. The number of ether oxygens (including phenoxy) is 2. The van der Waals surface area contributed by atoms with E-state index < -0.39 is 0 Å². The maximum Gasteiger partial charge on any atom is 0.317 e. The molecule has 2 aliphatic heterocycles. The minimum atomic E-state index is -0.269. The van der Waals surface area contributed by atoms with E-state index in [0.717, 1.165) is 44.5 Å². The molecule has 0 saturated carbocycles. The van der Waals surface area contributed by atoms with Crippen molar-refractivity contribution in [2.75, 3.05) is 26.3 Å². The van der Waals surface area contributed by atoms with Gasteiger partial charge in [0.25, 0.3) is 0 Å². The van der Waals surface area contributed by atoms with Crippen LogP contribution in [0.5, 0.6) is 0 Å². The van der Waals surface area contributed by atoms with Crippen LogP contribution in [0.2, 0.25) is 0 Å². The Hall–Kier alpha value is -1.66. The van der Waals surface area contributed by atoms with E-state index in [1.54, 1.807) is 12.1 Å². The highest BCUT2D eigenvalue weighted by Gasteiger charge is 2.41. The van der Waals surface area contributed by atoms with Gasteiger partial charge in [-0.2, -0.15) is 0 Å². The van der Waals surface area contributed by atoms with Gasteiger partial charge in [0.1, 0.15) is 5.82 Å². The highest BCUT2D eigenvalue weighted by Crippen LogP contribution is 2.36. The van der Waals surface area contributed by atoms with Crippen LogP contribution in [-0.4, -0.2) is 48.9 Å². The minimum Gasteiger partial charge on any atom is -0.378 e. The van der Waals surface area contributed by atoms with Crippen molar-refractivity contribution in [1.82, 2.24) is 10.2 Å². The lowest BCUT2D eigenvalue weighted by molar-refractivity contribution is -0.150. The maximum atomic E-state index is 12.9. The molecule has 25 heavy (non-hydrogen) atoms. The van der Waals surface area contributed by atoms with Crippen LogP contribution < -0.4 is 5.32 Å². The van der Waals surface area contributed by atoms with Crippen molar-refractivity contribution in [2.24, 2.45) is 0 Å². The molecule has 6 heteroatoms. The number of hydrogen-bond acceptors (Lipinski definition) is 3. The number of hydrogen-bond donors (Lipinski definition) is 1. The predicted octanol–water partition coefficient (Wildman–Crippen LogP) is 3.09. The molecule has 1 aromatic carbocycles. The predicted molar refractivity (Wildman–Crippen MR) is 92.8 cm³/mol. The number of nitrogens with one attached hydrogen (secondary N) is 1. The Kier molecular flexibility index (Phi) is 5.91. The standard InChI is InChI=1S/C19H27FN2O3/c1-2-24-17-7-12-25-19(13-17)8-10-22(11-9-19)18(23)21-14-15-3-5-16(20)6-4-15/h3-6,17H,2,7-14H2,1H3,(H,21,23). The molecule has 1 atom stereocenters. The summed E-state index contributed by atoms with van der Waals surface area (Å²) in [6.07, 6.45) is 3.85. The van der Waals surface area contributed by atoms with Crippen molar-refractivity contribution >= 4 is 6.03 Å². The summed E-state index contributed by atoms with van der Waals surface area (Å²) in [4.78, 5) is 14.2. The van der Waals surface area contributed by atoms with E-state index in [1.807, 2.05) is 11.8 Å². The van der Waals surface area contributed by atoms with Gasteiger partial charge >= 0.3 is 6.03 Å². The number of urea groups is 1. The molecule has 138 valence electrons. The lowest BCUT2D eigenvalue weighted by Crippen LogP contribution is -2.53. The summed E-state index contributed by atoms with van der Waals surface area (Å²) in [6.45, 7) is 5.28. The number of nitrogens with zero attached hydrogens (tertiary/aromatic N) is 1. The van der Waals surface area contributed by atoms with Gasteiger partial charge in [-0.05, 0) is 43.9 Å². The fraction of sp³-hybridized carbons (Fsp3) is 0.632. The number of carbonyl (C=O) groups excluding carboxylic acids is 1. The molecule has 0 radical (unpaired) electrons. The average molecular weight is 350 g/mol. The minimum absolute atomic E-state index is 0.0728. The summed E-state index contributed by atoms with van der Waals surface area (Å²) in [6, 6.07) is 6.11.